The first kappa shape index (κ1) is 15.9. The number of para-hydroxylation sites is 1. The van der Waals surface area contributed by atoms with Crippen LogP contribution in [0.4, 0.5) is 0 Å². The Bertz CT molecular complexity index is 517. The van der Waals surface area contributed by atoms with Gasteiger partial charge in [-0.05, 0) is 19.0 Å². The van der Waals surface area contributed by atoms with Crippen molar-refractivity contribution in [3.05, 3.63) is 46.4 Å². The highest BCUT2D eigenvalue weighted by atomic mass is 32.1. The van der Waals surface area contributed by atoms with Crippen LogP contribution in [0.1, 0.15) is 29.8 Å². The maximum absolute atomic E-state index is 5.86. The number of methoxy groups -OCH3 is 1. The predicted octanol–water partition coefficient (Wildman–Crippen LogP) is 3.26. The summed E-state index contributed by atoms with van der Waals surface area (Å²) in [6, 6.07) is 8.27. The van der Waals surface area contributed by atoms with Crippen LogP contribution in [0.15, 0.2) is 36.0 Å². The quantitative estimate of drug-likeness (QED) is 0.722. The van der Waals surface area contributed by atoms with Gasteiger partial charge < -0.3 is 14.8 Å². The number of benzene rings is 1. The first-order valence-corrected chi connectivity index (χ1v) is 8.07. The number of hydrogen-bond donors (Lipinski definition) is 1. The minimum atomic E-state index is 0.121. The van der Waals surface area contributed by atoms with E-state index in [0.29, 0.717) is 13.2 Å². The van der Waals surface area contributed by atoms with Gasteiger partial charge in [0, 0.05) is 23.7 Å². The van der Waals surface area contributed by atoms with Crippen LogP contribution in [0.25, 0.3) is 0 Å². The molecule has 1 aromatic heterocycles. The molecule has 0 fully saturated rings. The van der Waals surface area contributed by atoms with Gasteiger partial charge in [-0.1, -0.05) is 25.1 Å². The van der Waals surface area contributed by atoms with E-state index in [4.69, 9.17) is 9.47 Å². The van der Waals surface area contributed by atoms with Crippen molar-refractivity contribution in [2.75, 3.05) is 26.9 Å². The lowest BCUT2D eigenvalue weighted by atomic mass is 10.0. The molecular formula is C16H22N2O2S. The maximum Gasteiger partial charge on any atom is 0.124 e. The highest BCUT2D eigenvalue weighted by Gasteiger charge is 2.18. The van der Waals surface area contributed by atoms with Gasteiger partial charge in [-0.3, -0.25) is 4.98 Å². The summed E-state index contributed by atoms with van der Waals surface area (Å²) in [7, 11) is 1.68. The van der Waals surface area contributed by atoms with E-state index in [0.717, 1.165) is 24.3 Å². The minimum Gasteiger partial charge on any atom is -0.491 e. The average Bonchev–Trinajstić information content (AvgIpc) is 3.03. The van der Waals surface area contributed by atoms with Crippen molar-refractivity contribution in [3.63, 3.8) is 0 Å². The maximum atomic E-state index is 5.86. The zero-order valence-electron chi connectivity index (χ0n) is 12.5. The Morgan fingerprint density at radius 3 is 2.86 bits per heavy atom. The summed E-state index contributed by atoms with van der Waals surface area (Å²) in [5.74, 6) is 0.900. The van der Waals surface area contributed by atoms with Crippen molar-refractivity contribution in [1.29, 1.82) is 0 Å². The largest absolute Gasteiger partial charge is 0.491 e. The topological polar surface area (TPSA) is 43.4 Å². The third-order valence-corrected chi connectivity index (χ3v) is 3.95. The summed E-state index contributed by atoms with van der Waals surface area (Å²) < 4.78 is 10.9. The Hall–Kier alpha value is -1.43. The van der Waals surface area contributed by atoms with Crippen LogP contribution in [-0.2, 0) is 4.74 Å². The zero-order chi connectivity index (χ0) is 14.9. The van der Waals surface area contributed by atoms with Crippen LogP contribution in [-0.4, -0.2) is 31.9 Å². The van der Waals surface area contributed by atoms with Crippen molar-refractivity contribution in [2.24, 2.45) is 0 Å². The van der Waals surface area contributed by atoms with Crippen LogP contribution in [0, 0.1) is 0 Å². The van der Waals surface area contributed by atoms with Gasteiger partial charge in [0.05, 0.1) is 18.2 Å². The van der Waals surface area contributed by atoms with Crippen molar-refractivity contribution >= 4 is 11.3 Å². The standard InChI is InChI=1S/C16H22N2O2S/c1-3-8-18-16(15-11-17-12-21-15)13-6-4-5-7-14(13)20-10-9-19-2/h4-7,11-12,16,18H,3,8-10H2,1-2H3. The molecule has 1 aromatic carbocycles. The van der Waals surface area contributed by atoms with E-state index in [1.807, 2.05) is 29.9 Å². The van der Waals surface area contributed by atoms with Gasteiger partial charge in [-0.15, -0.1) is 11.3 Å². The van der Waals surface area contributed by atoms with E-state index in [9.17, 15) is 0 Å². The molecule has 5 heteroatoms. The number of ether oxygens (including phenoxy) is 2. The van der Waals surface area contributed by atoms with Crippen molar-refractivity contribution in [1.82, 2.24) is 10.3 Å². The molecule has 2 rings (SSSR count). The Morgan fingerprint density at radius 1 is 1.29 bits per heavy atom. The van der Waals surface area contributed by atoms with E-state index in [2.05, 4.69) is 23.3 Å². The van der Waals surface area contributed by atoms with E-state index in [1.54, 1.807) is 18.4 Å². The monoisotopic (exact) mass is 306 g/mol. The molecule has 0 aliphatic rings. The van der Waals surface area contributed by atoms with Gasteiger partial charge >= 0.3 is 0 Å². The average molecular weight is 306 g/mol. The van der Waals surface area contributed by atoms with Crippen LogP contribution in [0.3, 0.4) is 0 Å². The van der Waals surface area contributed by atoms with Gasteiger partial charge in [-0.25, -0.2) is 0 Å². The molecule has 0 bridgehead atoms. The zero-order valence-corrected chi connectivity index (χ0v) is 13.4. The molecule has 2 aromatic rings. The summed E-state index contributed by atoms with van der Waals surface area (Å²) in [6.45, 7) is 4.26. The SMILES string of the molecule is CCCNC(c1cncs1)c1ccccc1OCCOC. The second-order valence-electron chi connectivity index (χ2n) is 4.67. The van der Waals surface area contributed by atoms with Gasteiger partial charge in [0.1, 0.15) is 12.4 Å². The number of aromatic nitrogens is 1. The van der Waals surface area contributed by atoms with E-state index >= 15 is 0 Å². The lowest BCUT2D eigenvalue weighted by Crippen LogP contribution is -2.23. The highest BCUT2D eigenvalue weighted by Crippen LogP contribution is 2.31. The van der Waals surface area contributed by atoms with Crippen LogP contribution in [0.2, 0.25) is 0 Å². The number of nitrogens with zero attached hydrogens (tertiary/aromatic N) is 1. The van der Waals surface area contributed by atoms with Gasteiger partial charge in [-0.2, -0.15) is 0 Å². The Kier molecular flexibility index (Phi) is 6.66. The first-order chi connectivity index (χ1) is 10.4. The third-order valence-electron chi connectivity index (χ3n) is 3.11. The van der Waals surface area contributed by atoms with Gasteiger partial charge in [0.15, 0.2) is 0 Å². The fourth-order valence-electron chi connectivity index (χ4n) is 2.11. The van der Waals surface area contributed by atoms with Crippen LogP contribution in [0.5, 0.6) is 5.75 Å². The molecule has 1 unspecified atom stereocenters. The molecule has 1 N–H and O–H groups in total. The van der Waals surface area contributed by atoms with E-state index in [1.165, 1.54) is 4.88 Å². The number of hydrogen-bond acceptors (Lipinski definition) is 5. The lowest BCUT2D eigenvalue weighted by molar-refractivity contribution is 0.145. The summed E-state index contributed by atoms with van der Waals surface area (Å²) in [6.07, 6.45) is 3.01. The molecule has 1 heterocycles. The van der Waals surface area contributed by atoms with Gasteiger partial charge in [0.2, 0.25) is 0 Å². The van der Waals surface area contributed by atoms with E-state index < -0.39 is 0 Å². The molecule has 4 nitrogen and oxygen atoms in total. The molecule has 0 amide bonds. The number of nitrogens with one attached hydrogen (secondary N) is 1. The second kappa shape index (κ2) is 8.77. The lowest BCUT2D eigenvalue weighted by Gasteiger charge is -2.20. The minimum absolute atomic E-state index is 0.121. The molecule has 0 aliphatic heterocycles. The fraction of sp³-hybridized carbons (Fsp3) is 0.438. The molecule has 0 spiro atoms. The second-order valence-corrected chi connectivity index (χ2v) is 5.59. The fourth-order valence-corrected chi connectivity index (χ4v) is 2.82. The van der Waals surface area contributed by atoms with Crippen LogP contribution >= 0.6 is 11.3 Å². The first-order valence-electron chi connectivity index (χ1n) is 7.19. The van der Waals surface area contributed by atoms with Crippen molar-refractivity contribution < 1.29 is 9.47 Å². The summed E-state index contributed by atoms with van der Waals surface area (Å²) in [4.78, 5) is 5.40. The van der Waals surface area contributed by atoms with Crippen molar-refractivity contribution in [2.45, 2.75) is 19.4 Å². The number of rotatable bonds is 9. The molecule has 0 radical (unpaired) electrons. The summed E-state index contributed by atoms with van der Waals surface area (Å²) in [5.41, 5.74) is 3.01. The summed E-state index contributed by atoms with van der Waals surface area (Å²) in [5, 5.41) is 3.58. The molecule has 1 atom stereocenters. The Balaban J connectivity index is 2.22. The molecular weight excluding hydrogens is 284 g/mol. The normalized spacial score (nSPS) is 12.3. The Morgan fingerprint density at radius 2 is 2.14 bits per heavy atom. The van der Waals surface area contributed by atoms with E-state index in [-0.39, 0.29) is 6.04 Å². The van der Waals surface area contributed by atoms with Crippen LogP contribution < -0.4 is 10.1 Å². The number of thiazole rings is 1. The smallest absolute Gasteiger partial charge is 0.124 e. The third kappa shape index (κ3) is 4.52. The highest BCUT2D eigenvalue weighted by molar-refractivity contribution is 7.09. The molecule has 21 heavy (non-hydrogen) atoms. The molecule has 0 aliphatic carbocycles. The van der Waals surface area contributed by atoms with Gasteiger partial charge in [0.25, 0.3) is 0 Å². The molecule has 114 valence electrons. The van der Waals surface area contributed by atoms with Crippen molar-refractivity contribution in [3.8, 4) is 5.75 Å². The molecule has 0 saturated heterocycles. The summed E-state index contributed by atoms with van der Waals surface area (Å²) >= 11 is 1.66. The predicted molar refractivity (Wildman–Crippen MR) is 86.1 cm³/mol. The molecule has 0 saturated carbocycles. The Labute approximate surface area is 130 Å².